The highest BCUT2D eigenvalue weighted by Crippen LogP contribution is 2.45. The van der Waals surface area contributed by atoms with E-state index in [1.165, 1.54) is 17.7 Å². The second kappa shape index (κ2) is 9.65. The Kier molecular flexibility index (Phi) is 7.41. The molecule has 1 aromatic heterocycles. The molecule has 2 aliphatic heterocycles. The number of carboxylic acid groups (broad SMARTS) is 1. The maximum atomic E-state index is 12.8. The molecule has 1 aromatic rings. The minimum Gasteiger partial charge on any atom is -0.475 e. The average molecular weight is 449 g/mol. The van der Waals surface area contributed by atoms with Gasteiger partial charge in [0.25, 0.3) is 0 Å². The molecule has 1 unspecified atom stereocenters. The van der Waals surface area contributed by atoms with Gasteiger partial charge in [-0.3, -0.25) is 9.69 Å². The number of nitrogens with one attached hydrogen (secondary N) is 1. The first kappa shape index (κ1) is 23.0. The summed E-state index contributed by atoms with van der Waals surface area (Å²) < 4.78 is 37.3. The van der Waals surface area contributed by atoms with Crippen LogP contribution in [-0.2, 0) is 20.9 Å². The highest BCUT2D eigenvalue weighted by atomic mass is 32.1. The second-order valence-electron chi connectivity index (χ2n) is 8.27. The van der Waals surface area contributed by atoms with Gasteiger partial charge in [0.1, 0.15) is 0 Å². The lowest BCUT2D eigenvalue weighted by Crippen LogP contribution is -2.44. The van der Waals surface area contributed by atoms with Crippen molar-refractivity contribution in [2.75, 3.05) is 32.8 Å². The van der Waals surface area contributed by atoms with E-state index in [9.17, 15) is 18.0 Å². The number of nitrogens with zero attached hydrogens (tertiary/aromatic N) is 1. The number of halogens is 3. The molecule has 0 bridgehead atoms. The predicted octanol–water partition coefficient (Wildman–Crippen LogP) is 3.14. The number of likely N-dealkylation sites (tertiary alicyclic amines) is 1. The van der Waals surface area contributed by atoms with E-state index in [2.05, 4.69) is 27.7 Å². The minimum absolute atomic E-state index is 0.128. The lowest BCUT2D eigenvalue weighted by molar-refractivity contribution is -0.192. The Morgan fingerprint density at radius 2 is 1.97 bits per heavy atom. The Bertz CT molecular complexity index is 716. The maximum absolute atomic E-state index is 12.8. The zero-order chi connectivity index (χ0) is 21.8. The maximum Gasteiger partial charge on any atom is 0.490 e. The molecule has 2 saturated heterocycles. The molecular weight excluding hydrogens is 421 g/mol. The molecule has 0 radical (unpaired) electrons. The zero-order valence-corrected chi connectivity index (χ0v) is 17.4. The third-order valence-electron chi connectivity index (χ3n) is 5.99. The van der Waals surface area contributed by atoms with Gasteiger partial charge in [-0.05, 0) is 43.0 Å². The van der Waals surface area contributed by atoms with Crippen LogP contribution in [0.3, 0.4) is 0 Å². The molecule has 2 N–H and O–H groups in total. The van der Waals surface area contributed by atoms with Crippen molar-refractivity contribution >= 4 is 23.2 Å². The molecule has 3 heterocycles. The van der Waals surface area contributed by atoms with Crippen molar-refractivity contribution in [3.63, 3.8) is 0 Å². The predicted molar refractivity (Wildman–Crippen MR) is 105 cm³/mol. The molecule has 1 saturated carbocycles. The fraction of sp³-hybridized carbons (Fsp3) is 0.700. The number of carboxylic acids is 1. The number of hydrogen-bond donors (Lipinski definition) is 2. The van der Waals surface area contributed by atoms with Crippen LogP contribution in [0.15, 0.2) is 17.5 Å². The van der Waals surface area contributed by atoms with Crippen molar-refractivity contribution in [1.29, 1.82) is 0 Å². The van der Waals surface area contributed by atoms with Crippen LogP contribution in [0, 0.1) is 17.3 Å². The summed E-state index contributed by atoms with van der Waals surface area (Å²) in [5.74, 6) is -1.60. The van der Waals surface area contributed by atoms with Crippen LogP contribution < -0.4 is 5.32 Å². The fourth-order valence-corrected chi connectivity index (χ4v) is 4.90. The lowest BCUT2D eigenvalue weighted by Gasteiger charge is -2.37. The Morgan fingerprint density at radius 3 is 2.50 bits per heavy atom. The number of alkyl halides is 3. The number of thiophene rings is 1. The summed E-state index contributed by atoms with van der Waals surface area (Å²) in [7, 11) is 0. The van der Waals surface area contributed by atoms with E-state index < -0.39 is 12.1 Å². The number of rotatable bonds is 5. The van der Waals surface area contributed by atoms with E-state index in [0.717, 1.165) is 58.2 Å². The SMILES string of the molecule is O=C(NCC1CC1)C1CN(Cc2cccs2)CC12CCOCC2.O=C(O)C(F)(F)F. The quantitative estimate of drug-likeness (QED) is 0.724. The standard InChI is InChI=1S/C18H26N2O2S.C2HF3O2/c21-17(19-10-14-3-4-14)16-12-20(11-15-2-1-9-23-15)13-18(16)5-7-22-8-6-18;3-2(4,5)1(6)7/h1-2,9,14,16H,3-8,10-13H2,(H,19,21);(H,6,7). The van der Waals surface area contributed by atoms with Crippen LogP contribution in [0.25, 0.3) is 0 Å². The van der Waals surface area contributed by atoms with Crippen LogP contribution in [0.4, 0.5) is 13.2 Å². The number of aliphatic carboxylic acids is 1. The minimum atomic E-state index is -5.08. The average Bonchev–Trinajstić information content (AvgIpc) is 3.27. The Labute approximate surface area is 177 Å². The number of carbonyl (C=O) groups excluding carboxylic acids is 1. The van der Waals surface area contributed by atoms with Crippen molar-refractivity contribution < 1.29 is 32.6 Å². The van der Waals surface area contributed by atoms with Gasteiger partial charge in [0.2, 0.25) is 5.91 Å². The van der Waals surface area contributed by atoms with Crippen molar-refractivity contribution in [3.8, 4) is 0 Å². The number of amides is 1. The van der Waals surface area contributed by atoms with Gasteiger partial charge in [-0.1, -0.05) is 6.07 Å². The highest BCUT2D eigenvalue weighted by molar-refractivity contribution is 7.09. The first-order chi connectivity index (χ1) is 14.2. The lowest BCUT2D eigenvalue weighted by atomic mass is 9.71. The summed E-state index contributed by atoms with van der Waals surface area (Å²) in [4.78, 5) is 25.6. The van der Waals surface area contributed by atoms with Crippen LogP contribution in [-0.4, -0.2) is 60.9 Å². The van der Waals surface area contributed by atoms with Crippen molar-refractivity contribution in [2.24, 2.45) is 17.3 Å². The van der Waals surface area contributed by atoms with E-state index >= 15 is 0 Å². The number of carbonyl (C=O) groups is 2. The van der Waals surface area contributed by atoms with Crippen molar-refractivity contribution in [1.82, 2.24) is 10.2 Å². The van der Waals surface area contributed by atoms with Gasteiger partial charge in [-0.25, -0.2) is 4.79 Å². The number of ether oxygens (including phenoxy) is 1. The van der Waals surface area contributed by atoms with Gasteiger partial charge in [0, 0.05) is 49.7 Å². The molecule has 1 aliphatic carbocycles. The summed E-state index contributed by atoms with van der Waals surface area (Å²) in [5, 5.41) is 12.5. The van der Waals surface area contributed by atoms with Gasteiger partial charge in [0.05, 0.1) is 5.92 Å². The van der Waals surface area contributed by atoms with Crippen LogP contribution >= 0.6 is 11.3 Å². The molecule has 168 valence electrons. The zero-order valence-electron chi connectivity index (χ0n) is 16.6. The summed E-state index contributed by atoms with van der Waals surface area (Å²) in [6, 6.07) is 4.31. The van der Waals surface area contributed by atoms with Gasteiger partial charge in [-0.2, -0.15) is 13.2 Å². The Balaban J connectivity index is 0.000000318. The fourth-order valence-electron chi connectivity index (χ4n) is 4.15. The molecule has 6 nitrogen and oxygen atoms in total. The topological polar surface area (TPSA) is 78.9 Å². The summed E-state index contributed by atoms with van der Waals surface area (Å²) >= 11 is 1.81. The molecule has 3 aliphatic rings. The molecule has 10 heteroatoms. The smallest absolute Gasteiger partial charge is 0.475 e. The van der Waals surface area contributed by atoms with Crippen LogP contribution in [0.2, 0.25) is 0 Å². The van der Waals surface area contributed by atoms with Gasteiger partial charge in [0.15, 0.2) is 0 Å². The van der Waals surface area contributed by atoms with E-state index in [-0.39, 0.29) is 17.2 Å². The molecule has 0 aromatic carbocycles. The Hall–Kier alpha value is -1.65. The first-order valence-corrected chi connectivity index (χ1v) is 11.0. The molecule has 1 atom stereocenters. The first-order valence-electron chi connectivity index (χ1n) is 10.1. The van der Waals surface area contributed by atoms with Crippen LogP contribution in [0.5, 0.6) is 0 Å². The Morgan fingerprint density at radius 1 is 1.30 bits per heavy atom. The van der Waals surface area contributed by atoms with Crippen molar-refractivity contribution in [2.45, 2.75) is 38.4 Å². The van der Waals surface area contributed by atoms with Gasteiger partial charge >= 0.3 is 12.1 Å². The normalized spacial score (nSPS) is 23.6. The van der Waals surface area contributed by atoms with Crippen LogP contribution in [0.1, 0.15) is 30.6 Å². The molecule has 1 spiro atoms. The van der Waals surface area contributed by atoms with E-state index in [4.69, 9.17) is 14.6 Å². The van der Waals surface area contributed by atoms with Gasteiger partial charge in [-0.15, -0.1) is 11.3 Å². The third kappa shape index (κ3) is 6.18. The largest absolute Gasteiger partial charge is 0.490 e. The molecular formula is C20H27F3N2O4S. The highest BCUT2D eigenvalue weighted by Gasteiger charge is 2.50. The van der Waals surface area contributed by atoms with Crippen molar-refractivity contribution in [3.05, 3.63) is 22.4 Å². The number of hydrogen-bond acceptors (Lipinski definition) is 5. The second-order valence-corrected chi connectivity index (χ2v) is 9.30. The van der Waals surface area contributed by atoms with E-state index in [0.29, 0.717) is 0 Å². The van der Waals surface area contributed by atoms with E-state index in [1.54, 1.807) is 0 Å². The summed E-state index contributed by atoms with van der Waals surface area (Å²) in [6.45, 7) is 5.40. The van der Waals surface area contributed by atoms with E-state index in [1.807, 2.05) is 11.3 Å². The monoisotopic (exact) mass is 448 g/mol. The summed E-state index contributed by atoms with van der Waals surface area (Å²) in [5.41, 5.74) is 0.128. The summed E-state index contributed by atoms with van der Waals surface area (Å²) in [6.07, 6.45) is -0.465. The van der Waals surface area contributed by atoms with Gasteiger partial charge < -0.3 is 15.2 Å². The molecule has 4 rings (SSSR count). The molecule has 3 fully saturated rings. The molecule has 30 heavy (non-hydrogen) atoms. The molecule has 1 amide bonds. The third-order valence-corrected chi connectivity index (χ3v) is 6.85.